The molecule has 1 aromatic heterocycles. The van der Waals surface area contributed by atoms with Gasteiger partial charge in [0.05, 0.1) is 5.69 Å². The highest BCUT2D eigenvalue weighted by atomic mass is 35.5. The van der Waals surface area contributed by atoms with Crippen molar-refractivity contribution in [2.75, 3.05) is 11.8 Å². The maximum atomic E-state index is 12.4. The van der Waals surface area contributed by atoms with Gasteiger partial charge in [-0.05, 0) is 38.6 Å². The Morgan fingerprint density at radius 3 is 2.67 bits per heavy atom. The number of aromatic amines is 1. The van der Waals surface area contributed by atoms with Gasteiger partial charge < -0.3 is 5.32 Å². The minimum absolute atomic E-state index is 0.00829. The van der Waals surface area contributed by atoms with Crippen LogP contribution in [0.1, 0.15) is 16.8 Å². The van der Waals surface area contributed by atoms with E-state index in [1.54, 1.807) is 32.2 Å². The number of aromatic nitrogens is 2. The first kappa shape index (κ1) is 15.8. The molecule has 0 aliphatic rings. The quantitative estimate of drug-likeness (QED) is 0.785. The van der Waals surface area contributed by atoms with E-state index in [1.807, 2.05) is 6.92 Å². The van der Waals surface area contributed by atoms with Crippen molar-refractivity contribution in [1.29, 1.82) is 0 Å². The standard InChI is InChI=1S/C13H17ClN4O2S/c1-8-4-5-10(6-12(8)14)18-21(19,20)13-11(7-15-3)9(2)16-17-13/h4-6,15,18H,7H2,1-3H3,(H,16,17). The number of benzene rings is 1. The fourth-order valence-electron chi connectivity index (χ4n) is 1.90. The second kappa shape index (κ2) is 6.05. The fraction of sp³-hybridized carbons (Fsp3) is 0.308. The fourth-order valence-corrected chi connectivity index (χ4v) is 3.33. The monoisotopic (exact) mass is 328 g/mol. The molecule has 0 saturated carbocycles. The summed E-state index contributed by atoms with van der Waals surface area (Å²) < 4.78 is 27.4. The minimum atomic E-state index is -3.77. The first-order valence-electron chi connectivity index (χ1n) is 6.32. The van der Waals surface area contributed by atoms with Crippen molar-refractivity contribution in [3.05, 3.63) is 40.0 Å². The average Bonchev–Trinajstić information content (AvgIpc) is 2.77. The largest absolute Gasteiger partial charge is 0.316 e. The molecule has 0 spiro atoms. The summed E-state index contributed by atoms with van der Waals surface area (Å²) in [6.45, 7) is 4.04. The van der Waals surface area contributed by atoms with Gasteiger partial charge in [-0.2, -0.15) is 13.5 Å². The second-order valence-electron chi connectivity index (χ2n) is 4.73. The molecule has 2 aromatic rings. The van der Waals surface area contributed by atoms with Crippen molar-refractivity contribution in [2.45, 2.75) is 25.4 Å². The summed E-state index contributed by atoms with van der Waals surface area (Å²) in [4.78, 5) is 0. The van der Waals surface area contributed by atoms with E-state index in [0.717, 1.165) is 5.56 Å². The van der Waals surface area contributed by atoms with E-state index in [0.29, 0.717) is 28.5 Å². The smallest absolute Gasteiger partial charge is 0.281 e. The molecule has 0 radical (unpaired) electrons. The Hall–Kier alpha value is -1.57. The van der Waals surface area contributed by atoms with Gasteiger partial charge in [-0.15, -0.1) is 0 Å². The van der Waals surface area contributed by atoms with Crippen LogP contribution in [-0.4, -0.2) is 25.7 Å². The molecule has 1 aromatic carbocycles. The highest BCUT2D eigenvalue weighted by Gasteiger charge is 2.23. The van der Waals surface area contributed by atoms with Crippen LogP contribution < -0.4 is 10.0 Å². The van der Waals surface area contributed by atoms with Crippen LogP contribution in [0.15, 0.2) is 23.2 Å². The van der Waals surface area contributed by atoms with Gasteiger partial charge in [-0.1, -0.05) is 17.7 Å². The highest BCUT2D eigenvalue weighted by Crippen LogP contribution is 2.23. The Kier molecular flexibility index (Phi) is 4.55. The molecule has 8 heteroatoms. The molecule has 0 fully saturated rings. The van der Waals surface area contributed by atoms with Crippen LogP contribution in [0.25, 0.3) is 0 Å². The van der Waals surface area contributed by atoms with E-state index < -0.39 is 10.0 Å². The number of halogens is 1. The first-order valence-corrected chi connectivity index (χ1v) is 8.18. The molecule has 0 aliphatic carbocycles. The summed E-state index contributed by atoms with van der Waals surface area (Å²) in [5.74, 6) is 0. The molecule has 0 atom stereocenters. The van der Waals surface area contributed by atoms with Crippen molar-refractivity contribution in [3.8, 4) is 0 Å². The zero-order valence-corrected chi connectivity index (χ0v) is 13.6. The van der Waals surface area contributed by atoms with Crippen LogP contribution in [0.3, 0.4) is 0 Å². The summed E-state index contributed by atoms with van der Waals surface area (Å²) in [5, 5.41) is 10.0. The molecule has 2 rings (SSSR count). The zero-order valence-electron chi connectivity index (χ0n) is 12.0. The van der Waals surface area contributed by atoms with Crippen LogP contribution in [-0.2, 0) is 16.6 Å². The number of hydrogen-bond donors (Lipinski definition) is 3. The highest BCUT2D eigenvalue weighted by molar-refractivity contribution is 7.92. The van der Waals surface area contributed by atoms with Crippen LogP contribution in [0.5, 0.6) is 0 Å². The van der Waals surface area contributed by atoms with Gasteiger partial charge in [0.2, 0.25) is 5.03 Å². The van der Waals surface area contributed by atoms with E-state index >= 15 is 0 Å². The molecular weight excluding hydrogens is 312 g/mol. The third-order valence-corrected chi connectivity index (χ3v) is 4.83. The Balaban J connectivity index is 2.36. The molecule has 114 valence electrons. The predicted molar refractivity (Wildman–Crippen MR) is 83.1 cm³/mol. The van der Waals surface area contributed by atoms with Gasteiger partial charge in [0.15, 0.2) is 0 Å². The molecule has 0 aliphatic heterocycles. The van der Waals surface area contributed by atoms with Gasteiger partial charge in [0.25, 0.3) is 10.0 Å². The molecule has 0 amide bonds. The van der Waals surface area contributed by atoms with Crippen LogP contribution in [0.2, 0.25) is 5.02 Å². The first-order chi connectivity index (χ1) is 9.85. The lowest BCUT2D eigenvalue weighted by molar-refractivity contribution is 0.595. The molecule has 3 N–H and O–H groups in total. The zero-order chi connectivity index (χ0) is 15.6. The predicted octanol–water partition coefficient (Wildman–Crippen LogP) is 2.20. The number of nitrogens with zero attached hydrogens (tertiary/aromatic N) is 1. The SMILES string of the molecule is CNCc1c(S(=O)(=O)Nc2ccc(C)c(Cl)c2)n[nH]c1C. The third kappa shape index (κ3) is 3.37. The number of nitrogens with one attached hydrogen (secondary N) is 3. The number of hydrogen-bond acceptors (Lipinski definition) is 4. The third-order valence-electron chi connectivity index (χ3n) is 3.07. The van der Waals surface area contributed by atoms with E-state index in [9.17, 15) is 8.42 Å². The van der Waals surface area contributed by atoms with Crippen molar-refractivity contribution in [3.63, 3.8) is 0 Å². The van der Waals surface area contributed by atoms with Gasteiger partial charge in [0.1, 0.15) is 0 Å². The maximum Gasteiger partial charge on any atom is 0.281 e. The van der Waals surface area contributed by atoms with Crippen LogP contribution >= 0.6 is 11.6 Å². The van der Waals surface area contributed by atoms with Gasteiger partial charge >= 0.3 is 0 Å². The van der Waals surface area contributed by atoms with Crippen molar-refractivity contribution < 1.29 is 8.42 Å². The van der Waals surface area contributed by atoms with E-state index in [-0.39, 0.29) is 5.03 Å². The van der Waals surface area contributed by atoms with Gasteiger partial charge in [-0.25, -0.2) is 0 Å². The maximum absolute atomic E-state index is 12.4. The lowest BCUT2D eigenvalue weighted by atomic mass is 10.2. The van der Waals surface area contributed by atoms with Gasteiger partial charge in [0, 0.05) is 22.8 Å². The van der Waals surface area contributed by atoms with E-state index in [2.05, 4.69) is 20.2 Å². The number of anilines is 1. The molecule has 6 nitrogen and oxygen atoms in total. The summed E-state index contributed by atoms with van der Waals surface area (Å²) in [6, 6.07) is 4.99. The van der Waals surface area contributed by atoms with Crippen molar-refractivity contribution in [1.82, 2.24) is 15.5 Å². The Labute approximate surface area is 129 Å². The molecule has 0 bridgehead atoms. The molecular formula is C13H17ClN4O2S. The number of sulfonamides is 1. The lowest BCUT2D eigenvalue weighted by Gasteiger charge is -2.09. The van der Waals surface area contributed by atoms with Crippen LogP contribution in [0, 0.1) is 13.8 Å². The topological polar surface area (TPSA) is 86.9 Å². The Bertz CT molecular complexity index is 756. The molecule has 0 saturated heterocycles. The lowest BCUT2D eigenvalue weighted by Crippen LogP contribution is -2.17. The van der Waals surface area contributed by atoms with Crippen molar-refractivity contribution in [2.24, 2.45) is 0 Å². The summed E-state index contributed by atoms with van der Waals surface area (Å²) in [7, 11) is -2.02. The van der Waals surface area contributed by atoms with E-state index in [1.165, 1.54) is 0 Å². The normalized spacial score (nSPS) is 11.6. The average molecular weight is 329 g/mol. The second-order valence-corrected chi connectivity index (χ2v) is 6.74. The minimum Gasteiger partial charge on any atom is -0.316 e. The summed E-state index contributed by atoms with van der Waals surface area (Å²) in [6.07, 6.45) is 0. The Morgan fingerprint density at radius 1 is 1.33 bits per heavy atom. The number of H-pyrrole nitrogens is 1. The van der Waals surface area contributed by atoms with E-state index in [4.69, 9.17) is 11.6 Å². The summed E-state index contributed by atoms with van der Waals surface area (Å²) >= 11 is 6.01. The van der Waals surface area contributed by atoms with Crippen molar-refractivity contribution >= 4 is 27.3 Å². The van der Waals surface area contributed by atoms with Crippen LogP contribution in [0.4, 0.5) is 5.69 Å². The molecule has 21 heavy (non-hydrogen) atoms. The number of aryl methyl sites for hydroxylation is 2. The summed E-state index contributed by atoms with van der Waals surface area (Å²) in [5.41, 5.74) is 2.61. The molecule has 0 unspecified atom stereocenters. The number of rotatable bonds is 5. The molecule has 1 heterocycles. The van der Waals surface area contributed by atoms with Gasteiger partial charge in [-0.3, -0.25) is 9.82 Å². The Morgan fingerprint density at radius 2 is 2.05 bits per heavy atom.